The molecule has 1 aromatic heterocycles. The maximum absolute atomic E-state index is 8.87. The quantitative estimate of drug-likeness (QED) is 0.776. The number of nitrogens with zero attached hydrogens (tertiary/aromatic N) is 2. The Morgan fingerprint density at radius 2 is 2.11 bits per heavy atom. The summed E-state index contributed by atoms with van der Waals surface area (Å²) in [4.78, 5) is 0. The Hall–Kier alpha value is -0.870. The van der Waals surface area contributed by atoms with Crippen molar-refractivity contribution < 1.29 is 5.11 Å². The monoisotopic (exact) mass is 265 g/mol. The summed E-state index contributed by atoms with van der Waals surface area (Å²) < 4.78 is 1.80. The van der Waals surface area contributed by atoms with Crippen molar-refractivity contribution in [2.45, 2.75) is 64.6 Å². The molecule has 108 valence electrons. The molecule has 1 aromatic rings. The van der Waals surface area contributed by atoms with Gasteiger partial charge in [0.25, 0.3) is 0 Å². The second kappa shape index (κ2) is 7.65. The molecule has 1 aliphatic carbocycles. The topological polar surface area (TPSA) is 50.1 Å². The van der Waals surface area contributed by atoms with Crippen LogP contribution in [0, 0.1) is 5.92 Å². The molecule has 0 spiro atoms. The summed E-state index contributed by atoms with van der Waals surface area (Å²) in [7, 11) is 0. The average molecular weight is 265 g/mol. The Morgan fingerprint density at radius 1 is 1.37 bits per heavy atom. The minimum Gasteiger partial charge on any atom is -0.394 e. The van der Waals surface area contributed by atoms with Crippen molar-refractivity contribution in [1.29, 1.82) is 0 Å². The van der Waals surface area contributed by atoms with Crippen LogP contribution in [0.3, 0.4) is 0 Å². The first-order chi connectivity index (χ1) is 9.29. The summed E-state index contributed by atoms with van der Waals surface area (Å²) in [6.45, 7) is 3.92. The second-order valence-corrected chi connectivity index (χ2v) is 5.76. The molecule has 1 aliphatic rings. The van der Waals surface area contributed by atoms with Crippen molar-refractivity contribution in [2.24, 2.45) is 5.92 Å². The average Bonchev–Trinajstić information content (AvgIpc) is 2.69. The first-order valence-corrected chi connectivity index (χ1v) is 7.65. The highest BCUT2D eigenvalue weighted by molar-refractivity contribution is 5.03. The van der Waals surface area contributed by atoms with Crippen LogP contribution in [-0.4, -0.2) is 27.5 Å². The predicted molar refractivity (Wildman–Crippen MR) is 76.8 cm³/mol. The van der Waals surface area contributed by atoms with Crippen molar-refractivity contribution in [3.63, 3.8) is 0 Å². The van der Waals surface area contributed by atoms with Gasteiger partial charge < -0.3 is 10.4 Å². The van der Waals surface area contributed by atoms with E-state index in [-0.39, 0.29) is 6.61 Å². The van der Waals surface area contributed by atoms with Crippen molar-refractivity contribution in [1.82, 2.24) is 15.1 Å². The molecule has 4 heteroatoms. The molecule has 0 amide bonds. The van der Waals surface area contributed by atoms with E-state index in [1.165, 1.54) is 44.1 Å². The van der Waals surface area contributed by atoms with Gasteiger partial charge in [-0.05, 0) is 25.7 Å². The van der Waals surface area contributed by atoms with Crippen LogP contribution in [0.1, 0.15) is 51.0 Å². The lowest BCUT2D eigenvalue weighted by atomic mass is 9.93. The molecule has 1 fully saturated rings. The van der Waals surface area contributed by atoms with E-state index in [1.54, 1.807) is 4.68 Å². The Kier molecular flexibility index (Phi) is 5.86. The third kappa shape index (κ3) is 4.62. The van der Waals surface area contributed by atoms with E-state index in [4.69, 9.17) is 5.11 Å². The highest BCUT2D eigenvalue weighted by atomic mass is 16.3. The number of hydrogen-bond acceptors (Lipinski definition) is 3. The predicted octanol–water partition coefficient (Wildman–Crippen LogP) is 2.32. The molecule has 19 heavy (non-hydrogen) atoms. The molecular formula is C15H27N3O. The van der Waals surface area contributed by atoms with Crippen LogP contribution in [0.2, 0.25) is 0 Å². The molecule has 0 unspecified atom stereocenters. The van der Waals surface area contributed by atoms with Crippen LogP contribution < -0.4 is 5.32 Å². The lowest BCUT2D eigenvalue weighted by Crippen LogP contribution is -2.32. The van der Waals surface area contributed by atoms with Crippen LogP contribution in [-0.2, 0) is 13.1 Å². The number of aliphatic hydroxyl groups is 1. The third-order valence-corrected chi connectivity index (χ3v) is 4.25. The number of aromatic nitrogens is 2. The lowest BCUT2D eigenvalue weighted by molar-refractivity contribution is 0.269. The fourth-order valence-corrected chi connectivity index (χ4v) is 2.98. The molecule has 1 atom stereocenters. The van der Waals surface area contributed by atoms with E-state index < -0.39 is 0 Å². The zero-order valence-corrected chi connectivity index (χ0v) is 12.0. The van der Waals surface area contributed by atoms with Crippen LogP contribution >= 0.6 is 0 Å². The summed E-state index contributed by atoms with van der Waals surface area (Å²) in [6.07, 6.45) is 12.3. The normalized spacial score (nSPS) is 19.3. The molecule has 1 heterocycles. The van der Waals surface area contributed by atoms with Gasteiger partial charge >= 0.3 is 0 Å². The number of rotatable bonds is 6. The van der Waals surface area contributed by atoms with Gasteiger partial charge in [-0.1, -0.05) is 25.7 Å². The van der Waals surface area contributed by atoms with Gasteiger partial charge in [-0.15, -0.1) is 0 Å². The summed E-state index contributed by atoms with van der Waals surface area (Å²) in [5.74, 6) is 0.829. The third-order valence-electron chi connectivity index (χ3n) is 4.25. The Balaban J connectivity index is 1.76. The first kappa shape index (κ1) is 14.5. The van der Waals surface area contributed by atoms with Crippen molar-refractivity contribution >= 4 is 0 Å². The van der Waals surface area contributed by atoms with Gasteiger partial charge in [0.15, 0.2) is 0 Å². The lowest BCUT2D eigenvalue weighted by Gasteiger charge is -2.23. The van der Waals surface area contributed by atoms with Crippen molar-refractivity contribution in [2.75, 3.05) is 6.61 Å². The van der Waals surface area contributed by atoms with E-state index in [9.17, 15) is 0 Å². The summed E-state index contributed by atoms with van der Waals surface area (Å²) >= 11 is 0. The molecule has 0 aliphatic heterocycles. The zero-order chi connectivity index (χ0) is 13.5. The van der Waals surface area contributed by atoms with Gasteiger partial charge in [-0.3, -0.25) is 4.68 Å². The molecule has 2 N–H and O–H groups in total. The van der Waals surface area contributed by atoms with E-state index in [1.807, 2.05) is 12.4 Å². The zero-order valence-electron chi connectivity index (χ0n) is 12.0. The summed E-state index contributed by atoms with van der Waals surface area (Å²) in [6, 6.07) is 0.583. The maximum atomic E-state index is 8.87. The fourth-order valence-electron chi connectivity index (χ4n) is 2.98. The van der Waals surface area contributed by atoms with Crippen molar-refractivity contribution in [3.8, 4) is 0 Å². The maximum Gasteiger partial charge on any atom is 0.0640 e. The molecule has 1 saturated carbocycles. The van der Waals surface area contributed by atoms with E-state index >= 15 is 0 Å². The Morgan fingerprint density at radius 3 is 2.79 bits per heavy atom. The highest BCUT2D eigenvalue weighted by Gasteiger charge is 2.18. The van der Waals surface area contributed by atoms with Crippen molar-refractivity contribution in [3.05, 3.63) is 18.0 Å². The molecule has 0 aromatic carbocycles. The highest BCUT2D eigenvalue weighted by Crippen LogP contribution is 2.25. The summed E-state index contributed by atoms with van der Waals surface area (Å²) in [5, 5.41) is 16.7. The van der Waals surface area contributed by atoms with Gasteiger partial charge in [0.1, 0.15) is 0 Å². The molecule has 0 bridgehead atoms. The van der Waals surface area contributed by atoms with Gasteiger partial charge in [0.2, 0.25) is 0 Å². The largest absolute Gasteiger partial charge is 0.394 e. The standard InChI is InChI=1S/C15H27N3O/c1-13(15-6-4-2-3-5-7-15)16-10-14-11-17-18(12-14)8-9-19/h11-13,15-16,19H,2-10H2,1H3/t13-/m1/s1. The first-order valence-electron chi connectivity index (χ1n) is 7.65. The molecule has 0 saturated heterocycles. The number of aliphatic hydroxyl groups excluding tert-OH is 1. The van der Waals surface area contributed by atoms with E-state index in [0.717, 1.165) is 12.5 Å². The number of hydrogen-bond donors (Lipinski definition) is 2. The number of nitrogens with one attached hydrogen (secondary N) is 1. The van der Waals surface area contributed by atoms with E-state index in [0.29, 0.717) is 12.6 Å². The SMILES string of the molecule is C[C@@H](NCc1cnn(CCO)c1)C1CCCCCC1. The molecule has 4 nitrogen and oxygen atoms in total. The molecule has 2 rings (SSSR count). The van der Waals surface area contributed by atoms with Crippen LogP contribution in [0.25, 0.3) is 0 Å². The minimum atomic E-state index is 0.146. The smallest absolute Gasteiger partial charge is 0.0640 e. The van der Waals surface area contributed by atoms with Gasteiger partial charge in [-0.25, -0.2) is 0 Å². The Bertz CT molecular complexity index is 356. The molecule has 0 radical (unpaired) electrons. The molecular weight excluding hydrogens is 238 g/mol. The summed E-state index contributed by atoms with van der Waals surface area (Å²) in [5.41, 5.74) is 1.20. The van der Waals surface area contributed by atoms with Crippen LogP contribution in [0.15, 0.2) is 12.4 Å². The van der Waals surface area contributed by atoms with Gasteiger partial charge in [-0.2, -0.15) is 5.10 Å². The minimum absolute atomic E-state index is 0.146. The van der Waals surface area contributed by atoms with E-state index in [2.05, 4.69) is 17.3 Å². The van der Waals surface area contributed by atoms with Crippen LogP contribution in [0.5, 0.6) is 0 Å². The second-order valence-electron chi connectivity index (χ2n) is 5.76. The fraction of sp³-hybridized carbons (Fsp3) is 0.800. The van der Waals surface area contributed by atoms with Crippen LogP contribution in [0.4, 0.5) is 0 Å². The Labute approximate surface area is 116 Å². The van der Waals surface area contributed by atoms with Gasteiger partial charge in [0, 0.05) is 24.3 Å². The van der Waals surface area contributed by atoms with Gasteiger partial charge in [0.05, 0.1) is 19.3 Å².